The van der Waals surface area contributed by atoms with Gasteiger partial charge >= 0.3 is 0 Å². The van der Waals surface area contributed by atoms with Gasteiger partial charge in [-0.3, -0.25) is 9.10 Å². The molecule has 128 valence electrons. The Morgan fingerprint density at radius 1 is 1.12 bits per heavy atom. The van der Waals surface area contributed by atoms with Crippen molar-refractivity contribution in [1.82, 2.24) is 0 Å². The fraction of sp³-hybridized carbons (Fsp3) is 0.188. The number of carbonyl (C=O) groups excluding carboxylic acids is 1. The van der Waals surface area contributed by atoms with Gasteiger partial charge in [0.15, 0.2) is 0 Å². The topological polar surface area (TPSA) is 66.5 Å². The molecule has 0 atom stereocenters. The van der Waals surface area contributed by atoms with Gasteiger partial charge < -0.3 is 5.32 Å². The molecule has 5 nitrogen and oxygen atoms in total. The number of rotatable bonds is 5. The first-order chi connectivity index (χ1) is 11.2. The molecule has 2 aromatic carbocycles. The van der Waals surface area contributed by atoms with E-state index in [1.54, 1.807) is 43.3 Å². The highest BCUT2D eigenvalue weighted by molar-refractivity contribution is 7.92. The first-order valence-electron chi connectivity index (χ1n) is 7.07. The van der Waals surface area contributed by atoms with Crippen LogP contribution in [0.1, 0.15) is 17.3 Å². The summed E-state index contributed by atoms with van der Waals surface area (Å²) in [6.45, 7) is 1.56. The maximum Gasteiger partial charge on any atom is 0.255 e. The summed E-state index contributed by atoms with van der Waals surface area (Å²) in [5.74, 6) is -0.402. The Bertz CT molecular complexity index is 869. The summed E-state index contributed by atoms with van der Waals surface area (Å²) < 4.78 is 25.0. The van der Waals surface area contributed by atoms with Gasteiger partial charge in [0.05, 0.1) is 21.5 Å². The third kappa shape index (κ3) is 4.20. The summed E-state index contributed by atoms with van der Waals surface area (Å²) in [6, 6.07) is 11.1. The van der Waals surface area contributed by atoms with Gasteiger partial charge in [0.2, 0.25) is 10.0 Å². The van der Waals surface area contributed by atoms with Crippen molar-refractivity contribution in [2.24, 2.45) is 0 Å². The fourth-order valence-corrected chi connectivity index (χ4v) is 3.09. The van der Waals surface area contributed by atoms with Crippen LogP contribution in [0.4, 0.5) is 11.4 Å². The second kappa shape index (κ2) is 7.42. The molecule has 0 fully saturated rings. The van der Waals surface area contributed by atoms with Crippen molar-refractivity contribution < 1.29 is 13.2 Å². The summed E-state index contributed by atoms with van der Waals surface area (Å²) in [7, 11) is -1.94. The average molecular weight is 387 g/mol. The molecule has 8 heteroatoms. The summed E-state index contributed by atoms with van der Waals surface area (Å²) in [4.78, 5) is 12.3. The molecule has 0 aliphatic heterocycles. The maximum absolute atomic E-state index is 12.3. The lowest BCUT2D eigenvalue weighted by Crippen LogP contribution is -2.28. The van der Waals surface area contributed by atoms with Crippen LogP contribution in [0.25, 0.3) is 0 Å². The zero-order valence-corrected chi connectivity index (χ0v) is 15.4. The van der Waals surface area contributed by atoms with Crippen molar-refractivity contribution in [1.29, 1.82) is 0 Å². The molecular formula is C16H16Cl2N2O3S. The Labute approximate surface area is 151 Å². The molecule has 0 unspecified atom stereocenters. The highest BCUT2D eigenvalue weighted by Gasteiger charge is 2.17. The number of amides is 1. The van der Waals surface area contributed by atoms with E-state index >= 15 is 0 Å². The Kier molecular flexibility index (Phi) is 5.74. The van der Waals surface area contributed by atoms with E-state index in [1.807, 2.05) is 0 Å². The van der Waals surface area contributed by atoms with Crippen molar-refractivity contribution >= 4 is 50.5 Å². The number of halogens is 2. The van der Waals surface area contributed by atoms with E-state index in [0.717, 1.165) is 4.31 Å². The number of nitrogens with zero attached hydrogens (tertiary/aromatic N) is 1. The largest absolute Gasteiger partial charge is 0.322 e. The van der Waals surface area contributed by atoms with Crippen molar-refractivity contribution in [3.8, 4) is 0 Å². The number of hydrogen-bond acceptors (Lipinski definition) is 3. The van der Waals surface area contributed by atoms with Crippen LogP contribution in [0.15, 0.2) is 42.5 Å². The van der Waals surface area contributed by atoms with E-state index < -0.39 is 10.0 Å². The number of hydrogen-bond donors (Lipinski definition) is 1. The van der Waals surface area contributed by atoms with Crippen LogP contribution in [0.5, 0.6) is 0 Å². The summed E-state index contributed by atoms with van der Waals surface area (Å²) in [6.07, 6.45) is 0. The first-order valence-corrected chi connectivity index (χ1v) is 9.44. The van der Waals surface area contributed by atoms with Crippen LogP contribution in [0, 0.1) is 0 Å². The fourth-order valence-electron chi connectivity index (χ4n) is 1.97. The highest BCUT2D eigenvalue weighted by atomic mass is 35.5. The first kappa shape index (κ1) is 18.6. The number of anilines is 2. The smallest absolute Gasteiger partial charge is 0.255 e. The van der Waals surface area contributed by atoms with Gasteiger partial charge in [0.1, 0.15) is 0 Å². The lowest BCUT2D eigenvalue weighted by molar-refractivity contribution is 0.102. The second-order valence-electron chi connectivity index (χ2n) is 5.00. The third-order valence-electron chi connectivity index (χ3n) is 3.43. The molecule has 0 aliphatic carbocycles. The zero-order valence-electron chi connectivity index (χ0n) is 13.1. The SMILES string of the molecule is CCS(=O)(=O)N(C)c1cccc(C(=O)Nc2ccc(Cl)c(Cl)c2)c1. The molecule has 0 saturated carbocycles. The van der Waals surface area contributed by atoms with Gasteiger partial charge in [0.25, 0.3) is 5.91 Å². The van der Waals surface area contributed by atoms with Crippen LogP contribution in [0.2, 0.25) is 10.0 Å². The molecule has 0 spiro atoms. The van der Waals surface area contributed by atoms with Crippen LogP contribution in [-0.2, 0) is 10.0 Å². The maximum atomic E-state index is 12.3. The number of sulfonamides is 1. The normalized spacial score (nSPS) is 11.2. The molecular weight excluding hydrogens is 371 g/mol. The monoisotopic (exact) mass is 386 g/mol. The van der Waals surface area contributed by atoms with Crippen molar-refractivity contribution in [3.63, 3.8) is 0 Å². The summed E-state index contributed by atoms with van der Waals surface area (Å²) in [5, 5.41) is 3.42. The predicted octanol–water partition coefficient (Wildman–Crippen LogP) is 4.03. The standard InChI is InChI=1S/C16H16Cl2N2O3S/c1-3-24(22,23)20(2)13-6-4-5-11(9-13)16(21)19-12-7-8-14(17)15(18)10-12/h4-10H,3H2,1-2H3,(H,19,21). The van der Waals surface area contributed by atoms with Crippen LogP contribution in [0.3, 0.4) is 0 Å². The Balaban J connectivity index is 2.24. The predicted molar refractivity (Wildman–Crippen MR) is 98.7 cm³/mol. The molecule has 0 bridgehead atoms. The van der Waals surface area contributed by atoms with E-state index in [0.29, 0.717) is 27.0 Å². The zero-order chi connectivity index (χ0) is 17.9. The molecule has 2 aromatic rings. The molecule has 0 radical (unpaired) electrons. The molecule has 0 heterocycles. The van der Waals surface area contributed by atoms with E-state index in [2.05, 4.69) is 5.32 Å². The number of nitrogens with one attached hydrogen (secondary N) is 1. The lowest BCUT2D eigenvalue weighted by atomic mass is 10.2. The Morgan fingerprint density at radius 2 is 1.83 bits per heavy atom. The average Bonchev–Trinajstić information content (AvgIpc) is 2.57. The molecule has 0 aromatic heterocycles. The van der Waals surface area contributed by atoms with Crippen molar-refractivity contribution in [2.75, 3.05) is 22.4 Å². The van der Waals surface area contributed by atoms with E-state index in [4.69, 9.17) is 23.2 Å². The van der Waals surface area contributed by atoms with E-state index in [-0.39, 0.29) is 11.7 Å². The van der Waals surface area contributed by atoms with Crippen LogP contribution in [-0.4, -0.2) is 27.1 Å². The lowest BCUT2D eigenvalue weighted by Gasteiger charge is -2.19. The van der Waals surface area contributed by atoms with Gasteiger partial charge in [-0.25, -0.2) is 8.42 Å². The van der Waals surface area contributed by atoms with Gasteiger partial charge in [-0.2, -0.15) is 0 Å². The molecule has 1 amide bonds. The van der Waals surface area contributed by atoms with Gasteiger partial charge in [-0.05, 0) is 43.3 Å². The molecule has 24 heavy (non-hydrogen) atoms. The summed E-state index contributed by atoms with van der Waals surface area (Å²) in [5.41, 5.74) is 1.24. The van der Waals surface area contributed by atoms with E-state index in [1.165, 1.54) is 13.1 Å². The van der Waals surface area contributed by atoms with Crippen molar-refractivity contribution in [3.05, 3.63) is 58.1 Å². The Morgan fingerprint density at radius 3 is 2.46 bits per heavy atom. The second-order valence-corrected chi connectivity index (χ2v) is 8.10. The van der Waals surface area contributed by atoms with Crippen LogP contribution >= 0.6 is 23.2 Å². The van der Waals surface area contributed by atoms with Gasteiger partial charge in [-0.15, -0.1) is 0 Å². The molecule has 0 saturated heterocycles. The minimum atomic E-state index is -3.39. The quantitative estimate of drug-likeness (QED) is 0.842. The van der Waals surface area contributed by atoms with Crippen molar-refractivity contribution in [2.45, 2.75) is 6.92 Å². The third-order valence-corrected chi connectivity index (χ3v) is 5.95. The molecule has 1 N–H and O–H groups in total. The highest BCUT2D eigenvalue weighted by Crippen LogP contribution is 2.25. The number of carbonyl (C=O) groups is 1. The molecule has 2 rings (SSSR count). The minimum Gasteiger partial charge on any atom is -0.322 e. The Hall–Kier alpha value is -1.76. The van der Waals surface area contributed by atoms with E-state index in [9.17, 15) is 13.2 Å². The van der Waals surface area contributed by atoms with Gasteiger partial charge in [0, 0.05) is 18.3 Å². The van der Waals surface area contributed by atoms with Gasteiger partial charge in [-0.1, -0.05) is 29.3 Å². The number of benzene rings is 2. The summed E-state index contributed by atoms with van der Waals surface area (Å²) >= 11 is 11.8. The minimum absolute atomic E-state index is 0.0246. The molecule has 0 aliphatic rings. The van der Waals surface area contributed by atoms with Crippen LogP contribution < -0.4 is 9.62 Å².